The second-order valence-corrected chi connectivity index (χ2v) is 6.50. The Bertz CT molecular complexity index is 606. The first-order valence-electron chi connectivity index (χ1n) is 8.10. The van der Waals surface area contributed by atoms with Gasteiger partial charge in [0, 0.05) is 19.0 Å². The van der Waals surface area contributed by atoms with Gasteiger partial charge in [0.1, 0.15) is 0 Å². The maximum absolute atomic E-state index is 12.3. The molecule has 1 aromatic rings. The van der Waals surface area contributed by atoms with Crippen molar-refractivity contribution in [2.75, 3.05) is 0 Å². The maximum atomic E-state index is 12.3. The number of carbonyl (C=O) groups is 1. The molecular formula is C19H22N2O. The molecule has 2 fully saturated rings. The molecule has 0 saturated heterocycles. The monoisotopic (exact) mass is 294 g/mol. The van der Waals surface area contributed by atoms with Crippen LogP contribution in [0.5, 0.6) is 0 Å². The summed E-state index contributed by atoms with van der Waals surface area (Å²) in [7, 11) is 0. The van der Waals surface area contributed by atoms with Crippen molar-refractivity contribution in [2.24, 2.45) is 5.92 Å². The Kier molecular flexibility index (Phi) is 4.29. The van der Waals surface area contributed by atoms with Crippen molar-refractivity contribution in [3.8, 4) is 6.07 Å². The van der Waals surface area contributed by atoms with Crippen LogP contribution in [0.3, 0.4) is 0 Å². The van der Waals surface area contributed by atoms with Gasteiger partial charge in [-0.3, -0.25) is 4.79 Å². The number of nitriles is 1. The zero-order valence-electron chi connectivity index (χ0n) is 12.9. The fourth-order valence-corrected chi connectivity index (χ4v) is 3.41. The van der Waals surface area contributed by atoms with Crippen molar-refractivity contribution in [1.29, 1.82) is 5.26 Å². The molecule has 0 spiro atoms. The average molecular weight is 294 g/mol. The van der Waals surface area contributed by atoms with Gasteiger partial charge in [0.15, 0.2) is 0 Å². The molecule has 0 aliphatic heterocycles. The van der Waals surface area contributed by atoms with E-state index in [1.54, 1.807) is 0 Å². The van der Waals surface area contributed by atoms with Crippen LogP contribution in [0, 0.1) is 17.2 Å². The van der Waals surface area contributed by atoms with Crippen LogP contribution in [-0.2, 0) is 11.3 Å². The number of nitrogens with zero attached hydrogens (tertiary/aromatic N) is 2. The lowest BCUT2D eigenvalue weighted by Gasteiger charge is -2.42. The Morgan fingerprint density at radius 1 is 1.36 bits per heavy atom. The molecule has 2 saturated carbocycles. The third-order valence-electron chi connectivity index (χ3n) is 4.90. The van der Waals surface area contributed by atoms with Crippen molar-refractivity contribution in [2.45, 2.75) is 50.6 Å². The van der Waals surface area contributed by atoms with Gasteiger partial charge >= 0.3 is 0 Å². The van der Waals surface area contributed by atoms with E-state index in [1.807, 2.05) is 4.90 Å². The number of rotatable bonds is 6. The summed E-state index contributed by atoms with van der Waals surface area (Å²) >= 11 is 0. The summed E-state index contributed by atoms with van der Waals surface area (Å²) in [6, 6.07) is 11.0. The van der Waals surface area contributed by atoms with Gasteiger partial charge in [0.2, 0.25) is 5.91 Å². The van der Waals surface area contributed by atoms with Crippen molar-refractivity contribution in [3.63, 3.8) is 0 Å². The lowest BCUT2D eigenvalue weighted by molar-refractivity contribution is -0.131. The normalized spacial score (nSPS) is 23.2. The summed E-state index contributed by atoms with van der Waals surface area (Å²) in [6.45, 7) is 4.31. The van der Waals surface area contributed by atoms with Crippen LogP contribution in [0.2, 0.25) is 0 Å². The van der Waals surface area contributed by atoms with Crippen LogP contribution in [-0.4, -0.2) is 16.8 Å². The van der Waals surface area contributed by atoms with Gasteiger partial charge in [-0.25, -0.2) is 0 Å². The van der Waals surface area contributed by atoms with E-state index in [-0.39, 0.29) is 11.9 Å². The van der Waals surface area contributed by atoms with E-state index < -0.39 is 0 Å². The maximum Gasteiger partial charge on any atom is 0.246 e. The molecule has 3 heteroatoms. The van der Waals surface area contributed by atoms with E-state index in [1.165, 1.54) is 30.0 Å². The molecule has 22 heavy (non-hydrogen) atoms. The van der Waals surface area contributed by atoms with Crippen LogP contribution in [0.1, 0.15) is 49.1 Å². The lowest BCUT2D eigenvalue weighted by Crippen LogP contribution is -2.46. The highest BCUT2D eigenvalue weighted by Gasteiger charge is 2.36. The fourth-order valence-electron chi connectivity index (χ4n) is 3.41. The molecule has 2 aliphatic carbocycles. The second kappa shape index (κ2) is 6.36. The Morgan fingerprint density at radius 3 is 2.73 bits per heavy atom. The molecule has 114 valence electrons. The molecule has 3 nitrogen and oxygen atoms in total. The summed E-state index contributed by atoms with van der Waals surface area (Å²) in [4.78, 5) is 14.2. The van der Waals surface area contributed by atoms with Crippen LogP contribution >= 0.6 is 0 Å². The number of amides is 1. The number of hydrogen-bond acceptors (Lipinski definition) is 2. The first-order chi connectivity index (χ1) is 10.7. The fraction of sp³-hybridized carbons (Fsp3) is 0.474. The van der Waals surface area contributed by atoms with E-state index in [0.29, 0.717) is 24.8 Å². The van der Waals surface area contributed by atoms with E-state index in [4.69, 9.17) is 5.26 Å². The smallest absolute Gasteiger partial charge is 0.246 e. The zero-order valence-corrected chi connectivity index (χ0v) is 12.9. The first kappa shape index (κ1) is 14.8. The number of carbonyl (C=O) groups excluding carboxylic acids is 1. The van der Waals surface area contributed by atoms with Gasteiger partial charge in [-0.15, -0.1) is 0 Å². The summed E-state index contributed by atoms with van der Waals surface area (Å²) in [5.41, 5.74) is 2.67. The SMILES string of the molecule is C=CC(=O)N(Cc1ccccc1C1CC1)C1CC(CC#N)C1. The van der Waals surface area contributed by atoms with Crippen LogP contribution in [0.25, 0.3) is 0 Å². The van der Waals surface area contributed by atoms with Gasteiger partial charge in [0.05, 0.1) is 6.07 Å². The van der Waals surface area contributed by atoms with Gasteiger partial charge in [-0.2, -0.15) is 5.26 Å². The highest BCUT2D eigenvalue weighted by atomic mass is 16.2. The molecule has 1 amide bonds. The van der Waals surface area contributed by atoms with E-state index in [9.17, 15) is 4.79 Å². The topological polar surface area (TPSA) is 44.1 Å². The van der Waals surface area contributed by atoms with E-state index in [2.05, 4.69) is 36.9 Å². The highest BCUT2D eigenvalue weighted by molar-refractivity contribution is 5.87. The van der Waals surface area contributed by atoms with E-state index in [0.717, 1.165) is 12.8 Å². The zero-order chi connectivity index (χ0) is 15.5. The quantitative estimate of drug-likeness (QED) is 0.750. The summed E-state index contributed by atoms with van der Waals surface area (Å²) in [5.74, 6) is 1.14. The minimum atomic E-state index is 0.00556. The minimum Gasteiger partial charge on any atom is -0.332 e. The van der Waals surface area contributed by atoms with Crippen molar-refractivity contribution in [3.05, 3.63) is 48.0 Å². The van der Waals surface area contributed by atoms with Crippen LogP contribution in [0.4, 0.5) is 0 Å². The Morgan fingerprint density at radius 2 is 2.09 bits per heavy atom. The van der Waals surface area contributed by atoms with E-state index >= 15 is 0 Å². The van der Waals surface area contributed by atoms with Crippen molar-refractivity contribution in [1.82, 2.24) is 4.90 Å². The highest BCUT2D eigenvalue weighted by Crippen LogP contribution is 2.42. The molecule has 3 rings (SSSR count). The third kappa shape index (κ3) is 3.06. The van der Waals surface area contributed by atoms with Gasteiger partial charge < -0.3 is 4.90 Å². The Hall–Kier alpha value is -2.08. The first-order valence-corrected chi connectivity index (χ1v) is 8.10. The van der Waals surface area contributed by atoms with Crippen LogP contribution < -0.4 is 0 Å². The average Bonchev–Trinajstić information content (AvgIpc) is 3.33. The molecular weight excluding hydrogens is 272 g/mol. The predicted molar refractivity (Wildman–Crippen MR) is 85.9 cm³/mol. The minimum absolute atomic E-state index is 0.00556. The Balaban J connectivity index is 1.73. The summed E-state index contributed by atoms with van der Waals surface area (Å²) < 4.78 is 0. The predicted octanol–water partition coefficient (Wildman–Crippen LogP) is 3.77. The van der Waals surface area contributed by atoms with Crippen molar-refractivity contribution < 1.29 is 4.79 Å². The standard InChI is InChI=1S/C19H22N2O/c1-2-19(22)21(17-11-14(12-17)9-10-20)13-16-5-3-4-6-18(16)15-7-8-15/h2-6,14-15,17H,1,7-9,11-13H2. The molecule has 0 unspecified atom stereocenters. The molecule has 1 aromatic carbocycles. The van der Waals surface area contributed by atoms with Crippen LogP contribution in [0.15, 0.2) is 36.9 Å². The molecule has 2 aliphatic rings. The van der Waals surface area contributed by atoms with Gasteiger partial charge in [0.25, 0.3) is 0 Å². The molecule has 0 atom stereocenters. The lowest BCUT2D eigenvalue weighted by atomic mass is 9.77. The number of hydrogen-bond donors (Lipinski definition) is 0. The molecule has 0 radical (unpaired) electrons. The van der Waals surface area contributed by atoms with Gasteiger partial charge in [-0.1, -0.05) is 30.8 Å². The number of benzene rings is 1. The largest absolute Gasteiger partial charge is 0.332 e. The molecule has 0 N–H and O–H groups in total. The Labute approximate surface area is 132 Å². The molecule has 0 heterocycles. The molecule has 0 bridgehead atoms. The molecule has 0 aromatic heterocycles. The third-order valence-corrected chi connectivity index (χ3v) is 4.90. The van der Waals surface area contributed by atoms with Crippen molar-refractivity contribution >= 4 is 5.91 Å². The summed E-state index contributed by atoms with van der Waals surface area (Å²) in [5, 5.41) is 8.77. The van der Waals surface area contributed by atoms with Gasteiger partial charge in [-0.05, 0) is 54.7 Å². The summed E-state index contributed by atoms with van der Waals surface area (Å²) in [6.07, 6.45) is 6.43. The second-order valence-electron chi connectivity index (χ2n) is 6.50.